The van der Waals surface area contributed by atoms with E-state index in [2.05, 4.69) is 38.1 Å². The van der Waals surface area contributed by atoms with E-state index in [4.69, 9.17) is 13.3 Å². The van der Waals surface area contributed by atoms with Gasteiger partial charge in [-0.25, -0.2) is 0 Å². The van der Waals surface area contributed by atoms with Gasteiger partial charge >= 0.3 is 8.80 Å². The van der Waals surface area contributed by atoms with Crippen LogP contribution in [0.4, 0.5) is 0 Å². The van der Waals surface area contributed by atoms with Crippen LogP contribution in [0.1, 0.15) is 61.0 Å². The van der Waals surface area contributed by atoms with Crippen molar-refractivity contribution in [2.45, 2.75) is 78.7 Å². The molecule has 22 heavy (non-hydrogen) atoms. The molecule has 0 aliphatic carbocycles. The quantitative estimate of drug-likeness (QED) is 0.648. The van der Waals surface area contributed by atoms with E-state index in [9.17, 15) is 0 Å². The minimum atomic E-state index is -2.95. The number of hydrogen-bond acceptors (Lipinski definition) is 3. The van der Waals surface area contributed by atoms with Gasteiger partial charge in [-0.15, -0.1) is 0 Å². The zero-order valence-electron chi connectivity index (χ0n) is 15.3. The maximum absolute atomic E-state index is 6.37. The molecule has 1 aromatic carbocycles. The van der Waals surface area contributed by atoms with Gasteiger partial charge < -0.3 is 13.3 Å². The minimum Gasteiger partial charge on any atom is -0.370 e. The van der Waals surface area contributed by atoms with Crippen molar-refractivity contribution in [3.05, 3.63) is 35.9 Å². The fraction of sp³-hybridized carbons (Fsp3) is 0.667. The Hall–Kier alpha value is -0.683. The normalized spacial score (nSPS) is 13.4. The Kier molecular flexibility index (Phi) is 6.80. The van der Waals surface area contributed by atoms with Gasteiger partial charge in [0.25, 0.3) is 0 Å². The molecule has 0 aliphatic heterocycles. The number of benzene rings is 1. The molecular formula is C18H32O3Si. The summed E-state index contributed by atoms with van der Waals surface area (Å²) in [6.45, 7) is 16.6. The lowest BCUT2D eigenvalue weighted by Crippen LogP contribution is -2.63. The monoisotopic (exact) mass is 324 g/mol. The lowest BCUT2D eigenvalue weighted by Gasteiger charge is -2.44. The Bertz CT molecular complexity index is 414. The maximum atomic E-state index is 6.37. The van der Waals surface area contributed by atoms with Crippen LogP contribution in [-0.4, -0.2) is 27.1 Å². The predicted molar refractivity (Wildman–Crippen MR) is 93.9 cm³/mol. The van der Waals surface area contributed by atoms with E-state index in [-0.39, 0.29) is 23.4 Å². The molecule has 0 saturated carbocycles. The molecule has 0 bridgehead atoms. The van der Waals surface area contributed by atoms with Crippen molar-refractivity contribution in [3.63, 3.8) is 0 Å². The van der Waals surface area contributed by atoms with Crippen LogP contribution in [0.5, 0.6) is 0 Å². The van der Waals surface area contributed by atoms with Gasteiger partial charge in [0.15, 0.2) is 0 Å². The Balaban J connectivity index is 3.37. The molecule has 1 rings (SSSR count). The Labute approximate surface area is 137 Å². The first-order valence-corrected chi connectivity index (χ1v) is 9.92. The van der Waals surface area contributed by atoms with E-state index in [1.807, 2.05) is 47.6 Å². The Morgan fingerprint density at radius 3 is 1.41 bits per heavy atom. The smallest absolute Gasteiger partial charge is 0.370 e. The third-order valence-electron chi connectivity index (χ3n) is 3.43. The van der Waals surface area contributed by atoms with Crippen molar-refractivity contribution in [1.82, 2.24) is 0 Å². The van der Waals surface area contributed by atoms with Crippen LogP contribution in [0.25, 0.3) is 0 Å². The van der Waals surface area contributed by atoms with Crippen LogP contribution in [0.15, 0.2) is 30.3 Å². The van der Waals surface area contributed by atoms with Crippen LogP contribution >= 0.6 is 0 Å². The van der Waals surface area contributed by atoms with Crippen molar-refractivity contribution in [1.29, 1.82) is 0 Å². The average molecular weight is 325 g/mol. The molecular weight excluding hydrogens is 292 g/mol. The summed E-state index contributed by atoms with van der Waals surface area (Å²) in [5.41, 5.74) is 1.18. The molecule has 0 heterocycles. The van der Waals surface area contributed by atoms with E-state index >= 15 is 0 Å². The van der Waals surface area contributed by atoms with Crippen LogP contribution in [0.3, 0.4) is 0 Å². The highest BCUT2D eigenvalue weighted by Crippen LogP contribution is 2.38. The lowest BCUT2D eigenvalue weighted by atomic mass is 10.0. The van der Waals surface area contributed by atoms with Crippen molar-refractivity contribution in [2.75, 3.05) is 0 Å². The molecule has 0 unspecified atom stereocenters. The molecule has 4 heteroatoms. The Morgan fingerprint density at radius 1 is 0.727 bits per heavy atom. The zero-order chi connectivity index (χ0) is 17.0. The molecule has 126 valence electrons. The fourth-order valence-corrected chi connectivity index (χ4v) is 5.92. The fourth-order valence-electron chi connectivity index (χ4n) is 2.49. The maximum Gasteiger partial charge on any atom is 0.512 e. The molecule has 0 aromatic heterocycles. The SMILES string of the molecule is CC(C)O[Si](OC(C)C)(OC(C)C)C(C)(C)c1ccccc1. The largest absolute Gasteiger partial charge is 0.512 e. The first-order valence-electron chi connectivity index (χ1n) is 8.19. The molecule has 0 atom stereocenters. The second-order valence-corrected chi connectivity index (χ2v) is 10.1. The molecule has 0 radical (unpaired) electrons. The molecule has 0 N–H and O–H groups in total. The van der Waals surface area contributed by atoms with Gasteiger partial charge in [-0.2, -0.15) is 0 Å². The summed E-state index contributed by atoms with van der Waals surface area (Å²) in [6.07, 6.45) is 0.145. The Morgan fingerprint density at radius 2 is 1.09 bits per heavy atom. The summed E-state index contributed by atoms with van der Waals surface area (Å²) in [5.74, 6) is 0. The van der Waals surface area contributed by atoms with E-state index in [1.54, 1.807) is 0 Å². The van der Waals surface area contributed by atoms with Crippen LogP contribution < -0.4 is 0 Å². The van der Waals surface area contributed by atoms with Gasteiger partial charge in [-0.05, 0) is 47.1 Å². The van der Waals surface area contributed by atoms with Gasteiger partial charge in [0.05, 0.1) is 5.04 Å². The predicted octanol–water partition coefficient (Wildman–Crippen LogP) is 4.72. The van der Waals surface area contributed by atoms with Crippen LogP contribution in [0.2, 0.25) is 0 Å². The second-order valence-electron chi connectivity index (χ2n) is 7.05. The van der Waals surface area contributed by atoms with Crippen LogP contribution in [-0.2, 0) is 18.3 Å². The van der Waals surface area contributed by atoms with Gasteiger partial charge in [0.1, 0.15) is 0 Å². The molecule has 3 nitrogen and oxygen atoms in total. The molecule has 1 aromatic rings. The highest BCUT2D eigenvalue weighted by molar-refractivity contribution is 6.64. The van der Waals surface area contributed by atoms with Gasteiger partial charge in [-0.3, -0.25) is 0 Å². The standard InChI is InChI=1S/C18H32O3Si/c1-14(2)19-22(20-15(3)4,21-16(5)6)18(7,8)17-12-10-9-11-13-17/h9-16H,1-8H3. The summed E-state index contributed by atoms with van der Waals surface area (Å²) in [7, 11) is -2.95. The third-order valence-corrected chi connectivity index (χ3v) is 7.60. The lowest BCUT2D eigenvalue weighted by molar-refractivity contribution is -0.0143. The van der Waals surface area contributed by atoms with Crippen molar-refractivity contribution in [2.24, 2.45) is 0 Å². The molecule has 0 amide bonds. The van der Waals surface area contributed by atoms with Crippen molar-refractivity contribution in [3.8, 4) is 0 Å². The van der Waals surface area contributed by atoms with Gasteiger partial charge in [-0.1, -0.05) is 44.2 Å². The van der Waals surface area contributed by atoms with Crippen molar-refractivity contribution < 1.29 is 13.3 Å². The summed E-state index contributed by atoms with van der Waals surface area (Å²) < 4.78 is 19.1. The third kappa shape index (κ3) is 4.65. The van der Waals surface area contributed by atoms with E-state index in [0.29, 0.717) is 0 Å². The first-order chi connectivity index (χ1) is 10.1. The molecule has 0 spiro atoms. The number of rotatable bonds is 8. The zero-order valence-corrected chi connectivity index (χ0v) is 16.3. The summed E-state index contributed by atoms with van der Waals surface area (Å²) >= 11 is 0. The molecule has 0 saturated heterocycles. The average Bonchev–Trinajstić information content (AvgIpc) is 2.36. The summed E-state index contributed by atoms with van der Waals surface area (Å²) in [5, 5.41) is -0.326. The second kappa shape index (κ2) is 7.73. The topological polar surface area (TPSA) is 27.7 Å². The number of hydrogen-bond donors (Lipinski definition) is 0. The summed E-state index contributed by atoms with van der Waals surface area (Å²) in [6, 6.07) is 10.4. The minimum absolute atomic E-state index is 0.0483. The highest BCUT2D eigenvalue weighted by atomic mass is 28.4. The van der Waals surface area contributed by atoms with Crippen LogP contribution in [0, 0.1) is 0 Å². The molecule has 0 fully saturated rings. The van der Waals surface area contributed by atoms with Gasteiger partial charge in [0, 0.05) is 18.3 Å². The molecule has 0 aliphatic rings. The first kappa shape index (κ1) is 19.4. The van der Waals surface area contributed by atoms with E-state index in [1.165, 1.54) is 5.56 Å². The van der Waals surface area contributed by atoms with E-state index in [0.717, 1.165) is 0 Å². The van der Waals surface area contributed by atoms with Crippen molar-refractivity contribution >= 4 is 8.80 Å². The van der Waals surface area contributed by atoms with Gasteiger partial charge in [0.2, 0.25) is 0 Å². The summed E-state index contributed by atoms with van der Waals surface area (Å²) in [4.78, 5) is 0. The highest BCUT2D eigenvalue weighted by Gasteiger charge is 2.58. The van der Waals surface area contributed by atoms with E-state index < -0.39 is 8.80 Å².